The molecule has 3 rings (SSSR count). The minimum Gasteiger partial charge on any atom is -0.493 e. The highest BCUT2D eigenvalue weighted by Gasteiger charge is 2.18. The zero-order valence-corrected chi connectivity index (χ0v) is 22.4. The number of nitrogen functional groups attached to an aromatic ring is 1. The van der Waals surface area contributed by atoms with Crippen molar-refractivity contribution in [2.24, 2.45) is 5.73 Å². The van der Waals surface area contributed by atoms with E-state index in [1.807, 2.05) is 0 Å². The van der Waals surface area contributed by atoms with E-state index in [0.717, 1.165) is 0 Å². The number of aliphatic carboxylic acids is 1. The highest BCUT2D eigenvalue weighted by molar-refractivity contribution is 6.31. The van der Waals surface area contributed by atoms with Gasteiger partial charge in [-0.3, -0.25) is 15.0 Å². The number of nitrogens with two attached hydrogens (primary N) is 1. The third kappa shape index (κ3) is 8.09. The van der Waals surface area contributed by atoms with Crippen LogP contribution in [0.15, 0.2) is 54.6 Å². The number of carbonyl (C=O) groups excluding carboxylic acids is 2. The molecule has 13 heteroatoms. The largest absolute Gasteiger partial charge is 0.493 e. The van der Waals surface area contributed by atoms with Gasteiger partial charge in [0.25, 0.3) is 5.91 Å². The van der Waals surface area contributed by atoms with E-state index in [1.54, 1.807) is 42.5 Å². The Morgan fingerprint density at radius 1 is 0.975 bits per heavy atom. The zero-order chi connectivity index (χ0) is 29.2. The van der Waals surface area contributed by atoms with E-state index in [1.165, 1.54) is 26.4 Å². The molecule has 0 aliphatic carbocycles. The molecule has 2 amide bonds. The number of methoxy groups -OCH3 is 2. The smallest absolute Gasteiger partial charge is 0.341 e. The molecule has 0 bridgehead atoms. The van der Waals surface area contributed by atoms with Gasteiger partial charge in [-0.1, -0.05) is 11.6 Å². The molecule has 0 atom stereocenters. The van der Waals surface area contributed by atoms with Crippen molar-refractivity contribution in [1.29, 1.82) is 5.41 Å². The summed E-state index contributed by atoms with van der Waals surface area (Å²) in [6.45, 7) is -0.752. The molecular formula is C27H28ClN5O7. The highest BCUT2D eigenvalue weighted by Crippen LogP contribution is 2.36. The van der Waals surface area contributed by atoms with Crippen LogP contribution in [0.1, 0.15) is 21.5 Å². The third-order valence-corrected chi connectivity index (χ3v) is 5.64. The van der Waals surface area contributed by atoms with Gasteiger partial charge in [0.1, 0.15) is 12.4 Å². The first-order valence-corrected chi connectivity index (χ1v) is 12.1. The summed E-state index contributed by atoms with van der Waals surface area (Å²) in [4.78, 5) is 36.4. The molecule has 0 fully saturated rings. The van der Waals surface area contributed by atoms with Gasteiger partial charge in [0, 0.05) is 52.9 Å². The van der Waals surface area contributed by atoms with Gasteiger partial charge >= 0.3 is 5.97 Å². The van der Waals surface area contributed by atoms with Crippen molar-refractivity contribution >= 4 is 52.3 Å². The molecule has 40 heavy (non-hydrogen) atoms. The van der Waals surface area contributed by atoms with Crippen molar-refractivity contribution in [3.8, 4) is 11.5 Å². The van der Waals surface area contributed by atoms with Crippen molar-refractivity contribution in [3.05, 3.63) is 76.3 Å². The molecule has 0 aliphatic rings. The number of carbonyl (C=O) groups is 3. The first-order chi connectivity index (χ1) is 19.1. The van der Waals surface area contributed by atoms with Crippen LogP contribution in [0.4, 0.5) is 17.1 Å². The van der Waals surface area contributed by atoms with Crippen molar-refractivity contribution in [2.45, 2.75) is 6.54 Å². The molecule has 0 spiro atoms. The molecule has 0 aromatic heterocycles. The fraction of sp³-hybridized carbons (Fsp3) is 0.185. The molecule has 0 aliphatic heterocycles. The number of hydrogen-bond acceptors (Lipinski definition) is 8. The third-order valence-electron chi connectivity index (χ3n) is 5.40. The molecule has 210 valence electrons. The van der Waals surface area contributed by atoms with Gasteiger partial charge in [-0.25, -0.2) is 4.79 Å². The normalized spacial score (nSPS) is 10.4. The number of carboxylic acids is 1. The van der Waals surface area contributed by atoms with Gasteiger partial charge in [0.15, 0.2) is 18.1 Å². The lowest BCUT2D eigenvalue weighted by Gasteiger charge is -2.18. The first kappa shape index (κ1) is 29.7. The van der Waals surface area contributed by atoms with Crippen LogP contribution in [0, 0.1) is 5.41 Å². The van der Waals surface area contributed by atoms with Gasteiger partial charge in [-0.05, 0) is 48.5 Å². The van der Waals surface area contributed by atoms with Crippen LogP contribution < -0.4 is 31.2 Å². The second-order valence-corrected chi connectivity index (χ2v) is 8.76. The standard InChI is InChI=1S/C27H28ClN5O7/c1-38-13-23(34)32-19-9-16(25(22(11-19)39-2)40-14-24(35)36)12-31-21-8-5-17(28)10-20(21)27(37)33-18-6-3-15(4-7-18)26(29)30/h3-11,31H,12-14H2,1-2H3,(H3,29,30)(H,32,34)(H,33,37)(H,35,36). The second-order valence-electron chi connectivity index (χ2n) is 8.32. The summed E-state index contributed by atoms with van der Waals surface area (Å²) in [5.74, 6) is -1.81. The van der Waals surface area contributed by atoms with Crippen molar-refractivity contribution in [2.75, 3.05) is 43.4 Å². The molecule has 0 saturated carbocycles. The minimum atomic E-state index is -1.19. The van der Waals surface area contributed by atoms with E-state index >= 15 is 0 Å². The summed E-state index contributed by atoms with van der Waals surface area (Å²) in [5, 5.41) is 25.6. The summed E-state index contributed by atoms with van der Waals surface area (Å²) in [5.41, 5.74) is 7.93. The Labute approximate surface area is 234 Å². The van der Waals surface area contributed by atoms with Gasteiger partial charge in [-0.15, -0.1) is 0 Å². The molecule has 7 N–H and O–H groups in total. The Bertz CT molecular complexity index is 1410. The van der Waals surface area contributed by atoms with Gasteiger partial charge in [-0.2, -0.15) is 0 Å². The van der Waals surface area contributed by atoms with Crippen LogP contribution >= 0.6 is 11.6 Å². The average molecular weight is 570 g/mol. The summed E-state index contributed by atoms with van der Waals surface area (Å²) < 4.78 is 15.7. The molecule has 0 unspecified atom stereocenters. The van der Waals surface area contributed by atoms with Crippen molar-refractivity contribution in [1.82, 2.24) is 0 Å². The molecule has 3 aromatic rings. The number of ether oxygens (including phenoxy) is 3. The lowest BCUT2D eigenvalue weighted by atomic mass is 10.1. The Kier molecular flexibility index (Phi) is 10.3. The molecule has 0 heterocycles. The van der Waals surface area contributed by atoms with E-state index in [0.29, 0.717) is 33.2 Å². The maximum Gasteiger partial charge on any atom is 0.341 e. The minimum absolute atomic E-state index is 0.0501. The monoisotopic (exact) mass is 569 g/mol. The number of halogens is 1. The molecule has 12 nitrogen and oxygen atoms in total. The number of nitrogens with one attached hydrogen (secondary N) is 4. The van der Waals surface area contributed by atoms with E-state index in [9.17, 15) is 14.4 Å². The lowest BCUT2D eigenvalue weighted by Crippen LogP contribution is -2.18. The van der Waals surface area contributed by atoms with Gasteiger partial charge in [0.05, 0.1) is 12.7 Å². The van der Waals surface area contributed by atoms with E-state index in [-0.39, 0.29) is 36.0 Å². The Balaban J connectivity index is 1.90. The van der Waals surface area contributed by atoms with Crippen molar-refractivity contribution in [3.63, 3.8) is 0 Å². The SMILES string of the molecule is COCC(=O)Nc1cc(CNc2ccc(Cl)cc2C(=O)Nc2ccc(C(=N)N)cc2)c(OCC(=O)O)c(OC)c1. The predicted octanol–water partition coefficient (Wildman–Crippen LogP) is 3.55. The maximum absolute atomic E-state index is 13.2. The topological polar surface area (TPSA) is 185 Å². The number of benzene rings is 3. The fourth-order valence-corrected chi connectivity index (χ4v) is 3.79. The quantitative estimate of drug-likeness (QED) is 0.132. The maximum atomic E-state index is 13.2. The van der Waals surface area contributed by atoms with Crippen LogP contribution in [0.2, 0.25) is 5.02 Å². The summed E-state index contributed by atoms with van der Waals surface area (Å²) in [7, 11) is 2.77. The highest BCUT2D eigenvalue weighted by atomic mass is 35.5. The molecule has 0 saturated heterocycles. The first-order valence-electron chi connectivity index (χ1n) is 11.7. The number of hydrogen-bond donors (Lipinski definition) is 6. The molecular weight excluding hydrogens is 542 g/mol. The number of amides is 2. The van der Waals surface area contributed by atoms with Crippen molar-refractivity contribution < 1.29 is 33.7 Å². The summed E-state index contributed by atoms with van der Waals surface area (Å²) in [6, 6.07) is 14.3. The van der Waals surface area contributed by atoms with Crippen LogP contribution in [-0.2, 0) is 20.9 Å². The molecule has 3 aromatic carbocycles. The predicted molar refractivity (Wildman–Crippen MR) is 151 cm³/mol. The van der Waals surface area contributed by atoms with Gasteiger partial charge < -0.3 is 41.0 Å². The Morgan fingerprint density at radius 2 is 1.70 bits per heavy atom. The summed E-state index contributed by atoms with van der Waals surface area (Å²) >= 11 is 6.18. The fourth-order valence-electron chi connectivity index (χ4n) is 3.62. The summed E-state index contributed by atoms with van der Waals surface area (Å²) in [6.07, 6.45) is 0. The van der Waals surface area contributed by atoms with E-state index < -0.39 is 24.4 Å². The van der Waals surface area contributed by atoms with E-state index in [4.69, 9.17) is 42.1 Å². The molecule has 0 radical (unpaired) electrons. The second kappa shape index (κ2) is 13.8. The van der Waals surface area contributed by atoms with Gasteiger partial charge in [0.2, 0.25) is 5.91 Å². The van der Waals surface area contributed by atoms with Crippen LogP contribution in [0.25, 0.3) is 0 Å². The van der Waals surface area contributed by atoms with E-state index in [2.05, 4.69) is 16.0 Å². The Hall–Kier alpha value is -4.81. The number of amidine groups is 1. The zero-order valence-electron chi connectivity index (χ0n) is 21.7. The van der Waals surface area contributed by atoms with Crippen LogP contribution in [0.5, 0.6) is 11.5 Å². The Morgan fingerprint density at radius 3 is 2.33 bits per heavy atom. The lowest BCUT2D eigenvalue weighted by molar-refractivity contribution is -0.139. The number of carboxylic acid groups (broad SMARTS) is 1. The van der Waals surface area contributed by atoms with Crippen LogP contribution in [0.3, 0.4) is 0 Å². The number of anilines is 3. The van der Waals surface area contributed by atoms with Crippen LogP contribution in [-0.4, -0.2) is 56.2 Å². The number of rotatable bonds is 13. The average Bonchev–Trinajstić information content (AvgIpc) is 2.91.